The van der Waals surface area contributed by atoms with E-state index in [1.54, 1.807) is 5.38 Å². The molecule has 4 rings (SSSR count). The summed E-state index contributed by atoms with van der Waals surface area (Å²) in [6.07, 6.45) is -1.28. The summed E-state index contributed by atoms with van der Waals surface area (Å²) in [7, 11) is 1.45. The van der Waals surface area contributed by atoms with Crippen LogP contribution in [0, 0.1) is 0 Å². The summed E-state index contributed by atoms with van der Waals surface area (Å²) < 4.78 is 44.9. The van der Waals surface area contributed by atoms with Crippen molar-refractivity contribution in [2.24, 2.45) is 0 Å². The number of carbonyl (C=O) groups is 1. The highest BCUT2D eigenvalue weighted by atomic mass is 32.1. The van der Waals surface area contributed by atoms with Crippen LogP contribution in [0.25, 0.3) is 0 Å². The van der Waals surface area contributed by atoms with Gasteiger partial charge in [-0.3, -0.25) is 4.79 Å². The van der Waals surface area contributed by atoms with Crippen LogP contribution >= 0.6 is 23.6 Å². The molecule has 2 aliphatic rings. The lowest BCUT2D eigenvalue weighted by atomic mass is 9.98. The number of carbonyl (C=O) groups excluding carboxylic acids is 1. The molecule has 2 aliphatic heterocycles. The largest absolute Gasteiger partial charge is 0.416 e. The predicted octanol–water partition coefficient (Wildman–Crippen LogP) is 3.84. The number of benzene rings is 1. The van der Waals surface area contributed by atoms with Crippen molar-refractivity contribution in [3.8, 4) is 0 Å². The number of H-pyrrole nitrogens is 1. The zero-order chi connectivity index (χ0) is 27.3. The SMILES string of the molecule is COC(O)CCNC(=S)N1CCC(c2[nH+]c(C(=O)Nc3cc(C(F)(F)F)ccc3N3CCCC3)cs2)CC1. The Kier molecular flexibility index (Phi) is 9.45. The maximum atomic E-state index is 13.4. The minimum absolute atomic E-state index is 0.167. The Morgan fingerprint density at radius 1 is 1.26 bits per heavy atom. The highest BCUT2D eigenvalue weighted by Gasteiger charge is 2.33. The van der Waals surface area contributed by atoms with Gasteiger partial charge in [-0.2, -0.15) is 18.2 Å². The number of anilines is 2. The Hall–Kier alpha value is -2.48. The van der Waals surface area contributed by atoms with Gasteiger partial charge in [-0.25, -0.2) is 0 Å². The molecule has 1 atom stereocenters. The lowest BCUT2D eigenvalue weighted by Crippen LogP contribution is -2.45. The smallest absolute Gasteiger partial charge is 0.370 e. The van der Waals surface area contributed by atoms with E-state index in [0.29, 0.717) is 29.5 Å². The van der Waals surface area contributed by atoms with E-state index in [1.807, 2.05) is 4.90 Å². The molecule has 3 heterocycles. The van der Waals surface area contributed by atoms with Crippen LogP contribution in [0.15, 0.2) is 23.6 Å². The molecule has 0 aliphatic carbocycles. The highest BCUT2D eigenvalue weighted by molar-refractivity contribution is 7.80. The van der Waals surface area contributed by atoms with Crippen molar-refractivity contribution < 1.29 is 32.8 Å². The fourth-order valence-electron chi connectivity index (χ4n) is 4.74. The van der Waals surface area contributed by atoms with Gasteiger partial charge in [0.25, 0.3) is 5.69 Å². The summed E-state index contributed by atoms with van der Waals surface area (Å²) >= 11 is 6.91. The summed E-state index contributed by atoms with van der Waals surface area (Å²) in [4.78, 5) is 20.3. The summed E-state index contributed by atoms with van der Waals surface area (Å²) in [5.74, 6) is -0.238. The third-order valence-electron chi connectivity index (χ3n) is 6.92. The number of amides is 1. The minimum atomic E-state index is -4.50. The van der Waals surface area contributed by atoms with Crippen LogP contribution in [0.1, 0.15) is 59.1 Å². The van der Waals surface area contributed by atoms with Crippen molar-refractivity contribution in [1.29, 1.82) is 0 Å². The molecule has 0 bridgehead atoms. The topological polar surface area (TPSA) is 91.2 Å². The summed E-state index contributed by atoms with van der Waals surface area (Å²) in [6, 6.07) is 3.52. The van der Waals surface area contributed by atoms with Crippen LogP contribution in [0.2, 0.25) is 0 Å². The molecule has 0 radical (unpaired) electrons. The number of halogens is 3. The number of alkyl halides is 3. The number of thiocarbonyl (C=S) groups is 1. The normalized spacial score (nSPS) is 17.5. The number of aliphatic hydroxyl groups excluding tert-OH is 1. The predicted molar refractivity (Wildman–Crippen MR) is 144 cm³/mol. The molecular weight excluding hydrogens is 539 g/mol. The lowest BCUT2D eigenvalue weighted by Gasteiger charge is -2.32. The van der Waals surface area contributed by atoms with Crippen LogP contribution in [0.5, 0.6) is 0 Å². The van der Waals surface area contributed by atoms with Gasteiger partial charge >= 0.3 is 12.1 Å². The number of hydrogen-bond acceptors (Lipinski definition) is 6. The van der Waals surface area contributed by atoms with E-state index in [9.17, 15) is 23.1 Å². The van der Waals surface area contributed by atoms with Gasteiger partial charge in [0, 0.05) is 46.3 Å². The molecule has 1 amide bonds. The van der Waals surface area contributed by atoms with Crippen LogP contribution < -0.4 is 20.5 Å². The second kappa shape index (κ2) is 12.6. The van der Waals surface area contributed by atoms with Crippen LogP contribution in [-0.2, 0) is 10.9 Å². The zero-order valence-electron chi connectivity index (χ0n) is 21.1. The number of likely N-dealkylation sites (tertiary alicyclic amines) is 1. The van der Waals surface area contributed by atoms with E-state index in [0.717, 1.165) is 69.0 Å². The second-order valence-corrected chi connectivity index (χ2v) is 10.8. The number of aromatic amines is 1. The van der Waals surface area contributed by atoms with Gasteiger partial charge in [-0.1, -0.05) is 11.3 Å². The van der Waals surface area contributed by atoms with Crippen molar-refractivity contribution in [3.05, 3.63) is 39.8 Å². The average Bonchev–Trinajstić information content (AvgIpc) is 3.61. The van der Waals surface area contributed by atoms with Crippen molar-refractivity contribution in [2.75, 3.05) is 50.1 Å². The number of nitrogens with one attached hydrogen (secondary N) is 3. The highest BCUT2D eigenvalue weighted by Crippen LogP contribution is 2.37. The Morgan fingerprint density at radius 3 is 2.63 bits per heavy atom. The first kappa shape index (κ1) is 28.5. The number of aromatic nitrogens is 1. The number of rotatable bonds is 8. The summed E-state index contributed by atoms with van der Waals surface area (Å²) in [5.41, 5.74) is 0.305. The average molecular weight is 573 g/mol. The molecular formula is C25H33F3N5O3S2+. The molecule has 8 nitrogen and oxygen atoms in total. The Bertz CT molecular complexity index is 1120. The van der Waals surface area contributed by atoms with Crippen LogP contribution in [-0.4, -0.2) is 67.1 Å². The van der Waals surface area contributed by atoms with Gasteiger partial charge in [0.2, 0.25) is 5.01 Å². The van der Waals surface area contributed by atoms with E-state index in [2.05, 4.69) is 20.5 Å². The van der Waals surface area contributed by atoms with E-state index >= 15 is 0 Å². The van der Waals surface area contributed by atoms with E-state index in [1.165, 1.54) is 24.5 Å². The lowest BCUT2D eigenvalue weighted by molar-refractivity contribution is -0.389. The monoisotopic (exact) mass is 572 g/mol. The van der Waals surface area contributed by atoms with Crippen molar-refractivity contribution in [3.63, 3.8) is 0 Å². The fourth-order valence-corrected chi connectivity index (χ4v) is 6.03. The van der Waals surface area contributed by atoms with Crippen molar-refractivity contribution in [1.82, 2.24) is 10.2 Å². The fraction of sp³-hybridized carbons (Fsp3) is 0.560. The molecule has 1 unspecified atom stereocenters. The third kappa shape index (κ3) is 7.13. The van der Waals surface area contributed by atoms with Gasteiger partial charge < -0.3 is 30.3 Å². The Morgan fingerprint density at radius 2 is 1.97 bits per heavy atom. The van der Waals surface area contributed by atoms with Gasteiger partial charge in [-0.05, 0) is 56.1 Å². The molecule has 1 aromatic heterocycles. The quantitative estimate of drug-likeness (QED) is 0.327. The number of aliphatic hydroxyl groups is 1. The maximum Gasteiger partial charge on any atom is 0.416 e. The minimum Gasteiger partial charge on any atom is -0.370 e. The molecule has 4 N–H and O–H groups in total. The third-order valence-corrected chi connectivity index (χ3v) is 8.36. The number of ether oxygens (including phenoxy) is 1. The molecule has 208 valence electrons. The molecule has 13 heteroatoms. The van der Waals surface area contributed by atoms with E-state index in [4.69, 9.17) is 17.0 Å². The number of hydrogen-bond donors (Lipinski definition) is 3. The molecule has 1 aromatic carbocycles. The standard InChI is InChI=1S/C25H32F3N5O3S2/c1-36-21(34)6-9-29-24(37)33-12-7-16(8-13-33)23-31-19(15-38-23)22(35)30-18-14-17(25(26,27)28)4-5-20(18)32-10-2-3-11-32/h4-5,14-16,21,34H,2-3,6-13H2,1H3,(H,29,37)(H,30,35)/p+1. The Balaban J connectivity index is 1.36. The first-order valence-electron chi connectivity index (χ1n) is 12.7. The van der Waals surface area contributed by atoms with Crippen molar-refractivity contribution in [2.45, 2.75) is 50.5 Å². The van der Waals surface area contributed by atoms with Gasteiger partial charge in [-0.15, -0.1) is 0 Å². The molecule has 0 saturated carbocycles. The van der Waals surface area contributed by atoms with Crippen molar-refractivity contribution >= 4 is 45.9 Å². The summed E-state index contributed by atoms with van der Waals surface area (Å²) in [6.45, 7) is 3.50. The van der Waals surface area contributed by atoms with Gasteiger partial charge in [0.1, 0.15) is 0 Å². The second-order valence-electron chi connectivity index (χ2n) is 9.49. The van der Waals surface area contributed by atoms with E-state index < -0.39 is 23.9 Å². The maximum absolute atomic E-state index is 13.4. The number of thiazole rings is 1. The Labute approximate surface area is 229 Å². The van der Waals surface area contributed by atoms with Gasteiger partial charge in [0.05, 0.1) is 28.2 Å². The first-order valence-corrected chi connectivity index (χ1v) is 14.0. The first-order chi connectivity index (χ1) is 18.2. The van der Waals surface area contributed by atoms with E-state index in [-0.39, 0.29) is 11.6 Å². The molecule has 2 saturated heterocycles. The van der Waals surface area contributed by atoms with Gasteiger partial charge in [0.15, 0.2) is 11.4 Å². The molecule has 2 fully saturated rings. The number of methoxy groups -OCH3 is 1. The van der Waals surface area contributed by atoms with Crippen LogP contribution in [0.4, 0.5) is 24.5 Å². The number of piperidine rings is 1. The number of nitrogens with zero attached hydrogens (tertiary/aromatic N) is 2. The molecule has 0 spiro atoms. The zero-order valence-corrected chi connectivity index (χ0v) is 22.8. The summed E-state index contributed by atoms with van der Waals surface area (Å²) in [5, 5.41) is 18.6. The molecule has 38 heavy (non-hydrogen) atoms. The molecule has 2 aromatic rings. The van der Waals surface area contributed by atoms with Crippen LogP contribution in [0.3, 0.4) is 0 Å².